The number of carbonyl (C=O) groups excluding carboxylic acids is 2. The van der Waals surface area contributed by atoms with Gasteiger partial charge in [-0.2, -0.15) is 0 Å². The number of aryl methyl sites for hydroxylation is 1. The summed E-state index contributed by atoms with van der Waals surface area (Å²) in [6, 6.07) is 5.35. The first-order chi connectivity index (χ1) is 13.4. The predicted molar refractivity (Wildman–Crippen MR) is 98.0 cm³/mol. The van der Waals surface area contributed by atoms with Crippen LogP contribution in [-0.2, 0) is 25.5 Å². The molecule has 1 rings (SSSR count). The minimum absolute atomic E-state index is 0.140. The van der Waals surface area contributed by atoms with E-state index in [9.17, 15) is 27.9 Å². The van der Waals surface area contributed by atoms with E-state index >= 15 is 0 Å². The lowest BCUT2D eigenvalue weighted by Crippen LogP contribution is -2.39. The Morgan fingerprint density at radius 3 is 1.97 bits per heavy atom. The van der Waals surface area contributed by atoms with E-state index in [1.54, 1.807) is 27.7 Å². The molecule has 9 heteroatoms. The van der Waals surface area contributed by atoms with Gasteiger partial charge in [-0.1, -0.05) is 12.1 Å². The van der Waals surface area contributed by atoms with Crippen molar-refractivity contribution in [1.82, 2.24) is 0 Å². The van der Waals surface area contributed by atoms with Crippen molar-refractivity contribution in [3.63, 3.8) is 0 Å². The number of hydrogen-bond donors (Lipinski definition) is 1. The zero-order valence-electron chi connectivity index (χ0n) is 16.9. The van der Waals surface area contributed by atoms with Gasteiger partial charge in [0.05, 0.1) is 18.1 Å². The third kappa shape index (κ3) is 9.65. The quantitative estimate of drug-likeness (QED) is 0.580. The third-order valence-electron chi connectivity index (χ3n) is 3.77. The highest BCUT2D eigenvalue weighted by molar-refractivity contribution is 5.83. The van der Waals surface area contributed by atoms with Crippen molar-refractivity contribution in [2.45, 2.75) is 71.6 Å². The standard InChI is InChI=1S/C20H27F3O6/c1-12(2)27-18(25)16(17(24)19(26)28-13(3)4)7-5-6-14-8-10-15(11-9-14)29-20(21,22)23/h8-13,16-17,24H,5-7H2,1-4H3/t16-,17+/m1/s1. The first kappa shape index (κ1) is 24.7. The number of alkyl halides is 3. The minimum Gasteiger partial charge on any atom is -0.463 e. The lowest BCUT2D eigenvalue weighted by atomic mass is 9.94. The summed E-state index contributed by atoms with van der Waals surface area (Å²) >= 11 is 0. The minimum atomic E-state index is -4.76. The summed E-state index contributed by atoms with van der Waals surface area (Å²) in [4.78, 5) is 24.3. The van der Waals surface area contributed by atoms with Crippen LogP contribution in [-0.4, -0.2) is 41.7 Å². The van der Waals surface area contributed by atoms with Crippen LogP contribution in [0, 0.1) is 5.92 Å². The molecule has 1 N–H and O–H groups in total. The number of ether oxygens (including phenoxy) is 3. The molecule has 1 aromatic carbocycles. The van der Waals surface area contributed by atoms with Crippen molar-refractivity contribution in [2.75, 3.05) is 0 Å². The first-order valence-corrected chi connectivity index (χ1v) is 9.32. The van der Waals surface area contributed by atoms with Gasteiger partial charge in [-0.15, -0.1) is 13.2 Å². The molecule has 0 bridgehead atoms. The van der Waals surface area contributed by atoms with Crippen molar-refractivity contribution in [3.05, 3.63) is 29.8 Å². The normalized spacial score (nSPS) is 13.9. The van der Waals surface area contributed by atoms with Gasteiger partial charge in [0, 0.05) is 0 Å². The molecule has 0 radical (unpaired) electrons. The Labute approximate surface area is 167 Å². The largest absolute Gasteiger partial charge is 0.573 e. The Balaban J connectivity index is 2.71. The molecule has 0 fully saturated rings. The van der Waals surface area contributed by atoms with Crippen LogP contribution in [0.15, 0.2) is 24.3 Å². The molecule has 0 spiro atoms. The van der Waals surface area contributed by atoms with E-state index in [1.165, 1.54) is 24.3 Å². The summed E-state index contributed by atoms with van der Waals surface area (Å²) in [5.41, 5.74) is 0.717. The molecule has 0 saturated carbocycles. The Hall–Kier alpha value is -2.29. The summed E-state index contributed by atoms with van der Waals surface area (Å²) in [5.74, 6) is -3.04. The second kappa shape index (κ2) is 11.0. The van der Waals surface area contributed by atoms with Gasteiger partial charge in [-0.25, -0.2) is 4.79 Å². The van der Waals surface area contributed by atoms with Gasteiger partial charge in [0.25, 0.3) is 0 Å². The Kier molecular flexibility index (Phi) is 9.42. The smallest absolute Gasteiger partial charge is 0.463 e. The number of aliphatic hydroxyl groups excluding tert-OH is 1. The Bertz CT molecular complexity index is 655. The van der Waals surface area contributed by atoms with Crippen LogP contribution in [0.2, 0.25) is 0 Å². The van der Waals surface area contributed by atoms with Crippen LogP contribution < -0.4 is 4.74 Å². The second-order valence-electron chi connectivity index (χ2n) is 7.11. The lowest BCUT2D eigenvalue weighted by Gasteiger charge is -2.22. The highest BCUT2D eigenvalue weighted by Gasteiger charge is 2.35. The molecule has 29 heavy (non-hydrogen) atoms. The van der Waals surface area contributed by atoms with Crippen molar-refractivity contribution in [2.24, 2.45) is 5.92 Å². The fourth-order valence-corrected chi connectivity index (χ4v) is 2.57. The van der Waals surface area contributed by atoms with Crippen molar-refractivity contribution in [3.8, 4) is 5.75 Å². The number of esters is 2. The fourth-order valence-electron chi connectivity index (χ4n) is 2.57. The van der Waals surface area contributed by atoms with Crippen LogP contribution >= 0.6 is 0 Å². The zero-order valence-corrected chi connectivity index (χ0v) is 16.9. The number of hydrogen-bond acceptors (Lipinski definition) is 6. The van der Waals surface area contributed by atoms with Crippen LogP contribution in [0.3, 0.4) is 0 Å². The monoisotopic (exact) mass is 420 g/mol. The van der Waals surface area contributed by atoms with E-state index in [0.29, 0.717) is 12.8 Å². The lowest BCUT2D eigenvalue weighted by molar-refractivity contribution is -0.274. The molecule has 0 heterocycles. The highest BCUT2D eigenvalue weighted by Crippen LogP contribution is 2.24. The molecule has 6 nitrogen and oxygen atoms in total. The third-order valence-corrected chi connectivity index (χ3v) is 3.77. The van der Waals surface area contributed by atoms with Crippen LogP contribution in [0.25, 0.3) is 0 Å². The maximum Gasteiger partial charge on any atom is 0.573 e. The Morgan fingerprint density at radius 2 is 1.48 bits per heavy atom. The molecule has 0 aliphatic rings. The number of carbonyl (C=O) groups is 2. The van der Waals surface area contributed by atoms with Gasteiger partial charge >= 0.3 is 18.3 Å². The number of aliphatic hydroxyl groups is 1. The molecule has 0 unspecified atom stereocenters. The van der Waals surface area contributed by atoms with Crippen molar-refractivity contribution < 1.29 is 42.1 Å². The van der Waals surface area contributed by atoms with Crippen LogP contribution in [0.4, 0.5) is 13.2 Å². The molecule has 0 aliphatic carbocycles. The maximum absolute atomic E-state index is 12.3. The highest BCUT2D eigenvalue weighted by atomic mass is 19.4. The molecule has 164 valence electrons. The first-order valence-electron chi connectivity index (χ1n) is 9.32. The number of halogens is 3. The van der Waals surface area contributed by atoms with Gasteiger partial charge in [-0.05, 0) is 64.7 Å². The van der Waals surface area contributed by atoms with Gasteiger partial charge < -0.3 is 19.3 Å². The molecule has 0 amide bonds. The summed E-state index contributed by atoms with van der Waals surface area (Å²) in [7, 11) is 0. The van der Waals surface area contributed by atoms with E-state index in [1.807, 2.05) is 0 Å². The zero-order chi connectivity index (χ0) is 22.2. The number of benzene rings is 1. The molecule has 0 aliphatic heterocycles. The molecular formula is C20H27F3O6. The molecule has 0 aromatic heterocycles. The van der Waals surface area contributed by atoms with E-state index < -0.39 is 42.5 Å². The van der Waals surface area contributed by atoms with Gasteiger partial charge in [-0.3, -0.25) is 4.79 Å². The SMILES string of the molecule is CC(C)OC(=O)[C@@H](O)[C@@H](CCCc1ccc(OC(F)(F)F)cc1)C(=O)OC(C)C. The van der Waals surface area contributed by atoms with Crippen molar-refractivity contribution in [1.29, 1.82) is 0 Å². The molecule has 0 saturated heterocycles. The summed E-state index contributed by atoms with van der Waals surface area (Å²) in [5, 5.41) is 10.3. The maximum atomic E-state index is 12.3. The molecule has 2 atom stereocenters. The van der Waals surface area contributed by atoms with E-state index in [2.05, 4.69) is 4.74 Å². The summed E-state index contributed by atoms with van der Waals surface area (Å²) in [6.07, 6.45) is -6.33. The predicted octanol–water partition coefficient (Wildman–Crippen LogP) is 3.79. The van der Waals surface area contributed by atoms with Gasteiger partial charge in [0.15, 0.2) is 6.10 Å². The Morgan fingerprint density at radius 1 is 0.966 bits per heavy atom. The van der Waals surface area contributed by atoms with E-state index in [4.69, 9.17) is 9.47 Å². The average molecular weight is 420 g/mol. The van der Waals surface area contributed by atoms with E-state index in [0.717, 1.165) is 5.56 Å². The average Bonchev–Trinajstić information content (AvgIpc) is 2.57. The van der Waals surface area contributed by atoms with Crippen molar-refractivity contribution >= 4 is 11.9 Å². The summed E-state index contributed by atoms with van der Waals surface area (Å²) in [6.45, 7) is 6.55. The van der Waals surface area contributed by atoms with Gasteiger partial charge in [0.1, 0.15) is 5.75 Å². The van der Waals surface area contributed by atoms with E-state index in [-0.39, 0.29) is 12.2 Å². The van der Waals surface area contributed by atoms with Gasteiger partial charge in [0.2, 0.25) is 0 Å². The topological polar surface area (TPSA) is 82.1 Å². The second-order valence-corrected chi connectivity index (χ2v) is 7.11. The van der Waals surface area contributed by atoms with Crippen LogP contribution in [0.1, 0.15) is 46.1 Å². The molecular weight excluding hydrogens is 393 g/mol. The molecule has 1 aromatic rings. The summed E-state index contributed by atoms with van der Waals surface area (Å²) < 4.78 is 50.5. The van der Waals surface area contributed by atoms with Crippen LogP contribution in [0.5, 0.6) is 5.75 Å². The number of rotatable bonds is 10. The fraction of sp³-hybridized carbons (Fsp3) is 0.600.